The summed E-state index contributed by atoms with van der Waals surface area (Å²) < 4.78 is 74.5. The first kappa shape index (κ1) is 20.6. The maximum absolute atomic E-state index is 14.2. The molecule has 2 rings (SSSR count). The molecule has 142 valence electrons. The van der Waals surface area contributed by atoms with E-state index in [9.17, 15) is 22.0 Å². The molecule has 0 aliphatic carbocycles. The molecule has 0 bridgehead atoms. The Hall–Kier alpha value is -1.68. The Kier molecular flexibility index (Phi) is 6.28. The summed E-state index contributed by atoms with van der Waals surface area (Å²) in [5.41, 5.74) is 1.53. The molecule has 0 radical (unpaired) electrons. The summed E-state index contributed by atoms with van der Waals surface area (Å²) >= 11 is 0. The average molecular weight is 390 g/mol. The van der Waals surface area contributed by atoms with Gasteiger partial charge in [-0.25, -0.2) is 22.0 Å². The lowest BCUT2D eigenvalue weighted by molar-refractivity contribution is 0.383. The zero-order chi connectivity index (χ0) is 19.6. The minimum Gasteiger partial charge on any atom is -0.496 e. The van der Waals surface area contributed by atoms with Gasteiger partial charge in [-0.2, -0.15) is 0 Å². The summed E-state index contributed by atoms with van der Waals surface area (Å²) in [4.78, 5) is 0. The fourth-order valence-corrected chi connectivity index (χ4v) is 4.73. The molecule has 0 N–H and O–H groups in total. The molecule has 1 nitrogen and oxygen atoms in total. The third-order valence-corrected chi connectivity index (χ3v) is 6.86. The van der Waals surface area contributed by atoms with E-state index in [1.54, 1.807) is 12.1 Å². The Labute approximate surface area is 151 Å². The second-order valence-electron chi connectivity index (χ2n) is 6.01. The fraction of sp³-hybridized carbons (Fsp3) is 0.368. The van der Waals surface area contributed by atoms with E-state index in [2.05, 4.69) is 0 Å². The number of hydrogen-bond acceptors (Lipinski definition) is 1. The number of rotatable bonds is 6. The largest absolute Gasteiger partial charge is 0.496 e. The molecule has 0 saturated heterocycles. The van der Waals surface area contributed by atoms with E-state index in [1.165, 1.54) is 7.11 Å². The van der Waals surface area contributed by atoms with Crippen molar-refractivity contribution in [1.29, 1.82) is 0 Å². The molecule has 26 heavy (non-hydrogen) atoms. The van der Waals surface area contributed by atoms with Crippen molar-refractivity contribution < 1.29 is 26.7 Å². The minimum atomic E-state index is -2.14. The van der Waals surface area contributed by atoms with Crippen LogP contribution in [0.25, 0.3) is 0 Å². The second kappa shape index (κ2) is 7.91. The first-order chi connectivity index (χ1) is 12.2. The fourth-order valence-electron chi connectivity index (χ4n) is 3.13. The van der Waals surface area contributed by atoms with Crippen LogP contribution in [0.2, 0.25) is 0 Å². The quantitative estimate of drug-likeness (QED) is 0.265. The van der Waals surface area contributed by atoms with Crippen LogP contribution in [0.1, 0.15) is 37.8 Å². The van der Waals surface area contributed by atoms with Gasteiger partial charge in [-0.1, -0.05) is 40.6 Å². The molecule has 2 aromatic carbocycles. The number of ether oxygens (including phenoxy) is 1. The van der Waals surface area contributed by atoms with Crippen molar-refractivity contribution >= 4 is 13.9 Å². The lowest BCUT2D eigenvalue weighted by Crippen LogP contribution is -2.27. The van der Waals surface area contributed by atoms with Gasteiger partial charge >= 0.3 is 0 Å². The molecule has 0 aliphatic heterocycles. The van der Waals surface area contributed by atoms with Gasteiger partial charge < -0.3 is 4.74 Å². The highest BCUT2D eigenvalue weighted by Crippen LogP contribution is 2.51. The van der Waals surface area contributed by atoms with Crippen LogP contribution in [-0.4, -0.2) is 7.11 Å². The molecule has 0 spiro atoms. The number of benzene rings is 2. The normalized spacial score (nSPS) is 12.2. The summed E-state index contributed by atoms with van der Waals surface area (Å²) in [5.74, 6) is -8.93. The molecule has 0 fully saturated rings. The topological polar surface area (TPSA) is 9.23 Å². The Bertz CT molecular complexity index is 789. The van der Waals surface area contributed by atoms with Gasteiger partial charge in [-0.05, 0) is 25.3 Å². The van der Waals surface area contributed by atoms with Crippen LogP contribution in [0, 0.1) is 36.0 Å². The summed E-state index contributed by atoms with van der Waals surface area (Å²) in [7, 11) is 0.839. The Balaban J connectivity index is 2.70. The van der Waals surface area contributed by atoms with E-state index >= 15 is 0 Å². The van der Waals surface area contributed by atoms with Gasteiger partial charge in [0.05, 0.1) is 12.4 Å². The lowest BCUT2D eigenvalue weighted by Gasteiger charge is -2.34. The van der Waals surface area contributed by atoms with Gasteiger partial charge in [-0.3, -0.25) is 0 Å². The van der Waals surface area contributed by atoms with Crippen LogP contribution in [-0.2, 0) is 5.16 Å². The smallest absolute Gasteiger partial charge is 0.200 e. The molecule has 0 heterocycles. The van der Waals surface area contributed by atoms with Gasteiger partial charge in [0, 0.05) is 10.7 Å². The lowest BCUT2D eigenvalue weighted by atomic mass is 9.90. The highest BCUT2D eigenvalue weighted by atomic mass is 31.1. The van der Waals surface area contributed by atoms with Gasteiger partial charge in [0.2, 0.25) is 5.82 Å². The van der Waals surface area contributed by atoms with E-state index < -0.39 is 48.1 Å². The van der Waals surface area contributed by atoms with Crippen molar-refractivity contribution in [2.24, 2.45) is 0 Å². The number of aryl methyl sites for hydroxylation is 1. The molecule has 0 amide bonds. The van der Waals surface area contributed by atoms with Crippen LogP contribution >= 0.6 is 8.58 Å². The van der Waals surface area contributed by atoms with Crippen LogP contribution in [0.3, 0.4) is 0 Å². The van der Waals surface area contributed by atoms with Crippen molar-refractivity contribution in [2.45, 2.75) is 38.8 Å². The van der Waals surface area contributed by atoms with Crippen LogP contribution in [0.4, 0.5) is 22.0 Å². The van der Waals surface area contributed by atoms with Crippen LogP contribution < -0.4 is 10.0 Å². The van der Waals surface area contributed by atoms with Crippen molar-refractivity contribution in [3.05, 3.63) is 58.4 Å². The third kappa shape index (κ3) is 3.32. The number of hydrogen-bond donors (Lipinski definition) is 0. The van der Waals surface area contributed by atoms with E-state index in [0.717, 1.165) is 5.56 Å². The molecular weight excluding hydrogens is 370 g/mol. The predicted molar refractivity (Wildman–Crippen MR) is 94.2 cm³/mol. The van der Waals surface area contributed by atoms with Crippen molar-refractivity contribution in [3.8, 4) is 5.75 Å². The molecule has 1 unspecified atom stereocenters. The van der Waals surface area contributed by atoms with E-state index in [1.807, 2.05) is 26.8 Å². The van der Waals surface area contributed by atoms with Crippen molar-refractivity contribution in [2.75, 3.05) is 7.11 Å². The SMILES string of the molecule is CCC(CC)(Pc1c(F)c(F)c(F)c(F)c1F)c1cccc(C)c1OC. The molecule has 0 saturated carbocycles. The second-order valence-corrected chi connectivity index (χ2v) is 7.72. The first-order valence-corrected chi connectivity index (χ1v) is 9.17. The Morgan fingerprint density at radius 2 is 1.38 bits per heavy atom. The Morgan fingerprint density at radius 1 is 0.885 bits per heavy atom. The Morgan fingerprint density at radius 3 is 1.85 bits per heavy atom. The predicted octanol–water partition coefficient (Wildman–Crippen LogP) is 5.72. The molecule has 1 atom stereocenters. The van der Waals surface area contributed by atoms with Crippen molar-refractivity contribution in [3.63, 3.8) is 0 Å². The van der Waals surface area contributed by atoms with Gasteiger partial charge in [0.15, 0.2) is 23.3 Å². The number of halogens is 5. The minimum absolute atomic E-state index is 0.446. The molecule has 7 heteroatoms. The number of para-hydroxylation sites is 1. The highest BCUT2D eigenvalue weighted by Gasteiger charge is 2.36. The summed E-state index contributed by atoms with van der Waals surface area (Å²) in [6.45, 7) is 5.48. The number of methoxy groups -OCH3 is 1. The summed E-state index contributed by atoms with van der Waals surface area (Å²) in [6, 6.07) is 5.40. The zero-order valence-corrected chi connectivity index (χ0v) is 15.9. The maximum atomic E-state index is 14.2. The van der Waals surface area contributed by atoms with Crippen LogP contribution in [0.15, 0.2) is 18.2 Å². The van der Waals surface area contributed by atoms with Crippen molar-refractivity contribution in [1.82, 2.24) is 0 Å². The van der Waals surface area contributed by atoms with Gasteiger partial charge in [0.1, 0.15) is 5.75 Å². The molecule has 0 aromatic heterocycles. The summed E-state index contributed by atoms with van der Waals surface area (Å²) in [6.07, 6.45) is 0.891. The maximum Gasteiger partial charge on any atom is 0.200 e. The molecular formula is C19H20F5OP. The van der Waals surface area contributed by atoms with E-state index in [4.69, 9.17) is 4.74 Å². The average Bonchev–Trinajstić information content (AvgIpc) is 2.65. The van der Waals surface area contributed by atoms with Gasteiger partial charge in [0.25, 0.3) is 0 Å². The van der Waals surface area contributed by atoms with E-state index in [-0.39, 0.29) is 0 Å². The van der Waals surface area contributed by atoms with Gasteiger partial charge in [-0.15, -0.1) is 0 Å². The van der Waals surface area contributed by atoms with Crippen LogP contribution in [0.5, 0.6) is 5.75 Å². The monoisotopic (exact) mass is 390 g/mol. The zero-order valence-electron chi connectivity index (χ0n) is 14.9. The highest BCUT2D eigenvalue weighted by molar-refractivity contribution is 7.48. The third-order valence-electron chi connectivity index (χ3n) is 4.71. The van der Waals surface area contributed by atoms with E-state index in [0.29, 0.717) is 24.2 Å². The summed E-state index contributed by atoms with van der Waals surface area (Å²) in [5, 5.41) is -1.58. The first-order valence-electron chi connectivity index (χ1n) is 8.17. The molecule has 2 aromatic rings. The standard InChI is InChI=1S/C19H20F5OP/c1-5-19(6-2,11-9-7-8-10(3)17(11)25-4)26-18-15(23)13(21)12(20)14(22)16(18)24/h7-9,26H,5-6H2,1-4H3. The molecule has 0 aliphatic rings.